The van der Waals surface area contributed by atoms with Gasteiger partial charge in [-0.1, -0.05) is 309 Å². The van der Waals surface area contributed by atoms with Crippen molar-refractivity contribution in [3.8, 4) is 0 Å². The van der Waals surface area contributed by atoms with E-state index in [1.807, 2.05) is 6.08 Å². The minimum atomic E-state index is -1.98. The van der Waals surface area contributed by atoms with Crippen molar-refractivity contribution in [2.24, 2.45) is 0 Å². The first-order valence-electron chi connectivity index (χ1n) is 38.4. The molecular weight excluding hydrogens is 1190 g/mol. The molecule has 17 atom stereocenters. The molecule has 0 aromatic heterocycles. The average Bonchev–Trinajstić information content (AvgIpc) is 0.814. The summed E-state index contributed by atoms with van der Waals surface area (Å²) in [5, 5.41) is 121. The van der Waals surface area contributed by atoms with E-state index < -0.39 is 124 Å². The lowest BCUT2D eigenvalue weighted by atomic mass is 9.96. The Kier molecular flexibility index (Phi) is 51.9. The molecule has 93 heavy (non-hydrogen) atoms. The lowest BCUT2D eigenvalue weighted by Gasteiger charge is -2.48. The maximum absolute atomic E-state index is 13.5. The number of hydrogen-bond donors (Lipinski definition) is 12. The first kappa shape index (κ1) is 85.8. The third kappa shape index (κ3) is 37.5. The topological polar surface area (TPSA) is 307 Å². The van der Waals surface area contributed by atoms with Crippen LogP contribution < -0.4 is 5.32 Å². The molecule has 0 bridgehead atoms. The quantitative estimate of drug-likeness (QED) is 0.0199. The van der Waals surface area contributed by atoms with E-state index in [0.717, 1.165) is 44.9 Å². The average molecular weight is 1330 g/mol. The summed E-state index contributed by atoms with van der Waals surface area (Å²) >= 11 is 0. The molecule has 0 aromatic rings. The molecule has 550 valence electrons. The van der Waals surface area contributed by atoms with Crippen LogP contribution in [-0.4, -0.2) is 193 Å². The lowest BCUT2D eigenvalue weighted by molar-refractivity contribution is -0.379. The molecule has 0 aromatic carbocycles. The predicted molar refractivity (Wildman–Crippen MR) is 365 cm³/mol. The van der Waals surface area contributed by atoms with Gasteiger partial charge in [0.2, 0.25) is 5.91 Å². The standard InChI is InChI=1S/C74H141NO18/c1-3-5-7-9-11-13-15-17-19-21-23-25-27-28-30-32-34-36-38-40-42-44-46-48-50-52-62(80)75-57(58(79)51-49-47-45-43-41-39-37-35-33-31-29-26-24-22-20-18-16-14-12-10-8-6-4-2)56-88-72-68(86)65(83)70(60(54-77)90-72)93-74-69(87)66(84)71(61(55-78)91-74)92-73-67(85)64(82)63(81)59(53-76)89-73/h49,51,57-61,63-74,76-79,81-87H,3-48,50,52-56H2,1-2H3,(H,75,80)/b51-49+. The molecule has 0 aliphatic carbocycles. The van der Waals surface area contributed by atoms with Crippen molar-refractivity contribution in [2.45, 2.75) is 426 Å². The summed E-state index contributed by atoms with van der Waals surface area (Å²) in [6.45, 7) is 1.80. The molecular formula is C74H141NO18. The largest absolute Gasteiger partial charge is 0.394 e. The van der Waals surface area contributed by atoms with Crippen molar-refractivity contribution in [3.63, 3.8) is 0 Å². The van der Waals surface area contributed by atoms with Crippen molar-refractivity contribution in [3.05, 3.63) is 12.2 Å². The summed E-state index contributed by atoms with van der Waals surface area (Å²) < 4.78 is 34.4. The number of aliphatic hydroxyl groups excluding tert-OH is 11. The van der Waals surface area contributed by atoms with Gasteiger partial charge in [0.25, 0.3) is 0 Å². The van der Waals surface area contributed by atoms with Crippen molar-refractivity contribution in [1.29, 1.82) is 0 Å². The van der Waals surface area contributed by atoms with Crippen molar-refractivity contribution < 1.29 is 89.4 Å². The van der Waals surface area contributed by atoms with Crippen LogP contribution in [0.2, 0.25) is 0 Å². The number of nitrogens with one attached hydrogen (secondary N) is 1. The third-order valence-corrected chi connectivity index (χ3v) is 19.6. The van der Waals surface area contributed by atoms with Crippen molar-refractivity contribution >= 4 is 5.91 Å². The first-order chi connectivity index (χ1) is 45.3. The Balaban J connectivity index is 1.40. The molecule has 19 heteroatoms. The van der Waals surface area contributed by atoms with Crippen LogP contribution in [0, 0.1) is 0 Å². The zero-order valence-electron chi connectivity index (χ0n) is 58.5. The summed E-state index contributed by atoms with van der Waals surface area (Å²) in [7, 11) is 0. The molecule has 3 rings (SSSR count). The number of amides is 1. The number of allylic oxidation sites excluding steroid dienone is 1. The van der Waals surface area contributed by atoms with E-state index in [1.54, 1.807) is 6.08 Å². The van der Waals surface area contributed by atoms with Crippen LogP contribution in [0.5, 0.6) is 0 Å². The molecule has 3 aliphatic rings. The predicted octanol–water partition coefficient (Wildman–Crippen LogP) is 11.6. The second kappa shape index (κ2) is 56.3. The Labute approximate surface area is 563 Å². The van der Waals surface area contributed by atoms with Gasteiger partial charge in [-0.2, -0.15) is 0 Å². The number of aliphatic hydroxyl groups is 11. The van der Waals surface area contributed by atoms with E-state index >= 15 is 0 Å². The Morgan fingerprint density at radius 1 is 0.376 bits per heavy atom. The molecule has 3 heterocycles. The number of ether oxygens (including phenoxy) is 6. The van der Waals surface area contributed by atoms with Gasteiger partial charge >= 0.3 is 0 Å². The van der Waals surface area contributed by atoms with Crippen molar-refractivity contribution in [1.82, 2.24) is 5.32 Å². The molecule has 3 aliphatic heterocycles. The van der Waals surface area contributed by atoms with Gasteiger partial charge in [0, 0.05) is 6.42 Å². The van der Waals surface area contributed by atoms with Crippen LogP contribution in [0.4, 0.5) is 0 Å². The summed E-state index contributed by atoms with van der Waals surface area (Å²) in [6, 6.07) is -0.969. The number of hydrogen-bond acceptors (Lipinski definition) is 18. The van der Waals surface area contributed by atoms with E-state index in [2.05, 4.69) is 19.2 Å². The molecule has 0 saturated carbocycles. The summed E-state index contributed by atoms with van der Waals surface area (Å²) in [6.07, 6.45) is 37.6. The van der Waals surface area contributed by atoms with Crippen LogP contribution in [0.25, 0.3) is 0 Å². The minimum absolute atomic E-state index is 0.250. The Bertz CT molecular complexity index is 1730. The highest BCUT2D eigenvalue weighted by Crippen LogP contribution is 2.33. The van der Waals surface area contributed by atoms with E-state index in [0.29, 0.717) is 6.42 Å². The first-order valence-corrected chi connectivity index (χ1v) is 38.4. The van der Waals surface area contributed by atoms with Gasteiger partial charge < -0.3 is 89.9 Å². The maximum Gasteiger partial charge on any atom is 0.220 e. The lowest BCUT2D eigenvalue weighted by Crippen LogP contribution is -2.66. The highest BCUT2D eigenvalue weighted by Gasteiger charge is 2.53. The molecule has 0 radical (unpaired) electrons. The second-order valence-corrected chi connectivity index (χ2v) is 27.8. The van der Waals surface area contributed by atoms with Crippen LogP contribution in [0.15, 0.2) is 12.2 Å². The monoisotopic (exact) mass is 1330 g/mol. The smallest absolute Gasteiger partial charge is 0.220 e. The van der Waals surface area contributed by atoms with Gasteiger partial charge in [-0.25, -0.2) is 0 Å². The molecule has 0 spiro atoms. The zero-order valence-corrected chi connectivity index (χ0v) is 58.5. The fourth-order valence-corrected chi connectivity index (χ4v) is 13.4. The van der Waals surface area contributed by atoms with Crippen LogP contribution in [-0.2, 0) is 33.2 Å². The Hall–Kier alpha value is -1.47. The Morgan fingerprint density at radius 3 is 1.01 bits per heavy atom. The number of unbranched alkanes of at least 4 members (excludes halogenated alkanes) is 45. The number of carbonyl (C=O) groups excluding carboxylic acids is 1. The molecule has 17 unspecified atom stereocenters. The van der Waals surface area contributed by atoms with Crippen LogP contribution in [0.1, 0.15) is 322 Å². The number of carbonyl (C=O) groups is 1. The molecule has 1 amide bonds. The van der Waals surface area contributed by atoms with Crippen molar-refractivity contribution in [2.75, 3.05) is 26.4 Å². The highest BCUT2D eigenvalue weighted by molar-refractivity contribution is 5.76. The maximum atomic E-state index is 13.5. The van der Waals surface area contributed by atoms with Gasteiger partial charge in [0.1, 0.15) is 73.2 Å². The van der Waals surface area contributed by atoms with E-state index in [4.69, 9.17) is 28.4 Å². The number of rotatable bonds is 61. The SMILES string of the molecule is CCCCCCCCCCCCCCCCCCCCCCC/C=C/C(O)C(COC1OC(CO)C(OC2OC(CO)C(OC3OC(CO)C(O)C(O)C3O)C(O)C2O)C(O)C1O)NC(=O)CCCCCCCCCCCCCCCCCCCCCCCCCCC. The van der Waals surface area contributed by atoms with Gasteiger partial charge in [-0.15, -0.1) is 0 Å². The summed E-state index contributed by atoms with van der Waals surface area (Å²) in [5.74, 6) is -0.267. The zero-order chi connectivity index (χ0) is 67.5. The van der Waals surface area contributed by atoms with Gasteiger partial charge in [-0.3, -0.25) is 4.79 Å². The normalized spacial score (nSPS) is 27.5. The molecule has 19 nitrogen and oxygen atoms in total. The molecule has 12 N–H and O–H groups in total. The fourth-order valence-electron chi connectivity index (χ4n) is 13.4. The molecule has 3 saturated heterocycles. The second-order valence-electron chi connectivity index (χ2n) is 27.8. The van der Waals surface area contributed by atoms with Gasteiger partial charge in [-0.05, 0) is 19.3 Å². The van der Waals surface area contributed by atoms with Crippen LogP contribution in [0.3, 0.4) is 0 Å². The minimum Gasteiger partial charge on any atom is -0.394 e. The van der Waals surface area contributed by atoms with Gasteiger partial charge in [0.05, 0.1) is 38.6 Å². The highest BCUT2D eigenvalue weighted by atomic mass is 16.8. The fraction of sp³-hybridized carbons (Fsp3) is 0.959. The van der Waals surface area contributed by atoms with E-state index in [9.17, 15) is 61.0 Å². The molecule has 3 fully saturated rings. The van der Waals surface area contributed by atoms with Crippen LogP contribution >= 0.6 is 0 Å². The Morgan fingerprint density at radius 2 is 0.667 bits per heavy atom. The van der Waals surface area contributed by atoms with E-state index in [1.165, 1.54) is 250 Å². The van der Waals surface area contributed by atoms with E-state index in [-0.39, 0.29) is 18.9 Å². The summed E-state index contributed by atoms with van der Waals surface area (Å²) in [5.41, 5.74) is 0. The van der Waals surface area contributed by atoms with Gasteiger partial charge in [0.15, 0.2) is 18.9 Å². The summed E-state index contributed by atoms with van der Waals surface area (Å²) in [4.78, 5) is 13.5. The third-order valence-electron chi connectivity index (χ3n) is 19.6.